The molecule has 0 atom stereocenters. The standard InChI is InChI=1S/C23H28N2O4S2/c1-5-29-12-11-25-20-13-16(3)17(4)14-21(20)30-23(25)24-22(26)15-18-7-9-19(10-8-18)31(27,28)6-2/h7-10,13-14H,5-6,11-12,15H2,1-4H3. The zero-order chi connectivity index (χ0) is 22.6. The van der Waals surface area contributed by atoms with E-state index in [2.05, 4.69) is 31.0 Å². The summed E-state index contributed by atoms with van der Waals surface area (Å²) < 4.78 is 32.6. The lowest BCUT2D eigenvalue weighted by Crippen LogP contribution is -2.20. The number of hydrogen-bond acceptors (Lipinski definition) is 5. The van der Waals surface area contributed by atoms with Gasteiger partial charge in [-0.1, -0.05) is 30.4 Å². The summed E-state index contributed by atoms with van der Waals surface area (Å²) >= 11 is 1.49. The zero-order valence-corrected chi connectivity index (χ0v) is 20.0. The largest absolute Gasteiger partial charge is 0.380 e. The minimum Gasteiger partial charge on any atom is -0.380 e. The Kier molecular flexibility index (Phi) is 7.46. The van der Waals surface area contributed by atoms with Gasteiger partial charge in [0.1, 0.15) is 0 Å². The molecular formula is C23H28N2O4S2. The highest BCUT2D eigenvalue weighted by Gasteiger charge is 2.13. The highest BCUT2D eigenvalue weighted by atomic mass is 32.2. The van der Waals surface area contributed by atoms with E-state index in [0.717, 1.165) is 15.8 Å². The molecule has 0 radical (unpaired) electrons. The first kappa shape index (κ1) is 23.4. The van der Waals surface area contributed by atoms with Gasteiger partial charge in [0, 0.05) is 13.2 Å². The first-order chi connectivity index (χ1) is 14.7. The van der Waals surface area contributed by atoms with Crippen molar-refractivity contribution in [2.45, 2.75) is 45.6 Å². The van der Waals surface area contributed by atoms with Crippen LogP contribution in [0.1, 0.15) is 30.5 Å². The molecule has 0 spiro atoms. The average molecular weight is 461 g/mol. The van der Waals surface area contributed by atoms with Gasteiger partial charge in [0.05, 0.1) is 33.9 Å². The van der Waals surface area contributed by atoms with E-state index in [-0.39, 0.29) is 23.0 Å². The van der Waals surface area contributed by atoms with Crippen molar-refractivity contribution < 1.29 is 17.9 Å². The number of carbonyl (C=O) groups is 1. The van der Waals surface area contributed by atoms with Crippen LogP contribution in [0.5, 0.6) is 0 Å². The summed E-state index contributed by atoms with van der Waals surface area (Å²) in [4.78, 5) is 18.0. The van der Waals surface area contributed by atoms with Crippen LogP contribution in [0.4, 0.5) is 0 Å². The molecule has 1 amide bonds. The monoisotopic (exact) mass is 460 g/mol. The number of fused-ring (bicyclic) bond motifs is 1. The highest BCUT2D eigenvalue weighted by Crippen LogP contribution is 2.22. The minimum absolute atomic E-state index is 0.0489. The van der Waals surface area contributed by atoms with E-state index in [9.17, 15) is 13.2 Å². The second-order valence-corrected chi connectivity index (χ2v) is 10.7. The van der Waals surface area contributed by atoms with Gasteiger partial charge in [-0.2, -0.15) is 4.99 Å². The summed E-state index contributed by atoms with van der Waals surface area (Å²) in [6.45, 7) is 9.51. The van der Waals surface area contributed by atoms with E-state index in [1.807, 2.05) is 11.5 Å². The molecule has 0 saturated heterocycles. The van der Waals surface area contributed by atoms with Crippen LogP contribution in [-0.2, 0) is 32.3 Å². The molecular weight excluding hydrogens is 432 g/mol. The maximum Gasteiger partial charge on any atom is 0.252 e. The Hall–Kier alpha value is -2.29. The number of aromatic nitrogens is 1. The number of amides is 1. The number of nitrogens with zero attached hydrogens (tertiary/aromatic N) is 2. The molecule has 8 heteroatoms. The van der Waals surface area contributed by atoms with Crippen LogP contribution in [-0.4, -0.2) is 37.9 Å². The van der Waals surface area contributed by atoms with Crippen molar-refractivity contribution in [1.29, 1.82) is 0 Å². The lowest BCUT2D eigenvalue weighted by atomic mass is 10.1. The molecule has 0 aliphatic heterocycles. The van der Waals surface area contributed by atoms with Gasteiger partial charge in [0.2, 0.25) is 0 Å². The summed E-state index contributed by atoms with van der Waals surface area (Å²) in [5.41, 5.74) is 4.17. The fourth-order valence-electron chi connectivity index (χ4n) is 3.23. The van der Waals surface area contributed by atoms with Crippen molar-refractivity contribution in [3.63, 3.8) is 0 Å². The van der Waals surface area contributed by atoms with Crippen LogP contribution in [0, 0.1) is 13.8 Å². The van der Waals surface area contributed by atoms with Crippen LogP contribution >= 0.6 is 11.3 Å². The second-order valence-electron chi connectivity index (χ2n) is 7.37. The number of thiazole rings is 1. The molecule has 3 rings (SSSR count). The maximum atomic E-state index is 12.7. The normalized spacial score (nSPS) is 12.6. The molecule has 0 fully saturated rings. The van der Waals surface area contributed by atoms with E-state index in [1.54, 1.807) is 31.2 Å². The van der Waals surface area contributed by atoms with Crippen molar-refractivity contribution in [3.8, 4) is 0 Å². The SMILES string of the molecule is CCOCCn1c(=NC(=O)Cc2ccc(S(=O)(=O)CC)cc2)sc2cc(C)c(C)cc21. The van der Waals surface area contributed by atoms with Gasteiger partial charge in [0.15, 0.2) is 14.6 Å². The van der Waals surface area contributed by atoms with E-state index < -0.39 is 9.84 Å². The van der Waals surface area contributed by atoms with E-state index in [4.69, 9.17) is 4.74 Å². The number of rotatable bonds is 8. The Morgan fingerprint density at radius 3 is 2.42 bits per heavy atom. The Labute approximate surface area is 187 Å². The van der Waals surface area contributed by atoms with Crippen LogP contribution < -0.4 is 4.80 Å². The van der Waals surface area contributed by atoms with E-state index in [0.29, 0.717) is 24.6 Å². The topological polar surface area (TPSA) is 77.7 Å². The van der Waals surface area contributed by atoms with E-state index >= 15 is 0 Å². The Morgan fingerprint density at radius 1 is 1.10 bits per heavy atom. The lowest BCUT2D eigenvalue weighted by Gasteiger charge is -2.07. The molecule has 0 N–H and O–H groups in total. The molecule has 1 aromatic heterocycles. The number of hydrogen-bond donors (Lipinski definition) is 0. The number of carbonyl (C=O) groups excluding carboxylic acids is 1. The zero-order valence-electron chi connectivity index (χ0n) is 18.3. The molecule has 0 aliphatic rings. The molecule has 0 unspecified atom stereocenters. The van der Waals surface area contributed by atoms with Gasteiger partial charge < -0.3 is 9.30 Å². The third-order valence-corrected chi connectivity index (χ3v) is 7.99. The van der Waals surface area contributed by atoms with Gasteiger partial charge in [-0.15, -0.1) is 0 Å². The molecule has 1 heterocycles. The summed E-state index contributed by atoms with van der Waals surface area (Å²) in [5.74, 6) is -0.219. The number of aryl methyl sites for hydroxylation is 2. The quantitative estimate of drug-likeness (QED) is 0.479. The third-order valence-electron chi connectivity index (χ3n) is 5.20. The fraction of sp³-hybridized carbons (Fsp3) is 0.391. The lowest BCUT2D eigenvalue weighted by molar-refractivity contribution is -0.117. The van der Waals surface area contributed by atoms with Crippen LogP contribution in [0.25, 0.3) is 10.2 Å². The first-order valence-corrected chi connectivity index (χ1v) is 12.8. The van der Waals surface area contributed by atoms with Gasteiger partial charge >= 0.3 is 0 Å². The Bertz CT molecular complexity index is 1250. The van der Waals surface area contributed by atoms with Crippen molar-refractivity contribution >= 4 is 37.3 Å². The molecule has 0 aliphatic carbocycles. The molecule has 0 saturated carbocycles. The number of ether oxygens (including phenoxy) is 1. The Morgan fingerprint density at radius 2 is 1.77 bits per heavy atom. The van der Waals surface area contributed by atoms with Gasteiger partial charge in [-0.25, -0.2) is 8.42 Å². The van der Waals surface area contributed by atoms with Crippen molar-refractivity contribution in [2.75, 3.05) is 19.0 Å². The molecule has 2 aromatic carbocycles. The molecule has 31 heavy (non-hydrogen) atoms. The van der Waals surface area contributed by atoms with Crippen LogP contribution in [0.2, 0.25) is 0 Å². The predicted molar refractivity (Wildman–Crippen MR) is 124 cm³/mol. The molecule has 166 valence electrons. The van der Waals surface area contributed by atoms with Crippen molar-refractivity contribution in [1.82, 2.24) is 4.57 Å². The minimum atomic E-state index is -3.25. The van der Waals surface area contributed by atoms with Crippen molar-refractivity contribution in [3.05, 3.63) is 57.9 Å². The van der Waals surface area contributed by atoms with Gasteiger partial charge in [0.25, 0.3) is 5.91 Å². The van der Waals surface area contributed by atoms with Crippen LogP contribution in [0.15, 0.2) is 46.3 Å². The van der Waals surface area contributed by atoms with Gasteiger partial charge in [-0.05, 0) is 61.7 Å². The molecule has 0 bridgehead atoms. The first-order valence-electron chi connectivity index (χ1n) is 10.3. The maximum absolute atomic E-state index is 12.7. The number of benzene rings is 2. The average Bonchev–Trinajstić information content (AvgIpc) is 3.04. The molecule has 3 aromatic rings. The summed E-state index contributed by atoms with van der Waals surface area (Å²) in [5, 5.41) is 0. The van der Waals surface area contributed by atoms with Crippen molar-refractivity contribution in [2.24, 2.45) is 4.99 Å². The fourth-order valence-corrected chi connectivity index (χ4v) is 5.26. The molecule has 6 nitrogen and oxygen atoms in total. The van der Waals surface area contributed by atoms with E-state index in [1.165, 1.54) is 22.5 Å². The summed E-state index contributed by atoms with van der Waals surface area (Å²) in [6, 6.07) is 10.7. The van der Waals surface area contributed by atoms with Gasteiger partial charge in [-0.3, -0.25) is 4.79 Å². The smallest absolute Gasteiger partial charge is 0.252 e. The summed E-state index contributed by atoms with van der Waals surface area (Å²) in [6.07, 6.45) is 0.115. The summed E-state index contributed by atoms with van der Waals surface area (Å²) in [7, 11) is -3.25. The second kappa shape index (κ2) is 9.89. The third kappa shape index (κ3) is 5.50. The predicted octanol–water partition coefficient (Wildman–Crippen LogP) is 3.82. The number of sulfone groups is 1. The van der Waals surface area contributed by atoms with Crippen LogP contribution in [0.3, 0.4) is 0 Å². The highest BCUT2D eigenvalue weighted by molar-refractivity contribution is 7.91. The Balaban J connectivity index is 1.91.